The fourth-order valence-electron chi connectivity index (χ4n) is 2.93. The van der Waals surface area contributed by atoms with E-state index in [4.69, 9.17) is 0 Å². The second-order valence-electron chi connectivity index (χ2n) is 5.59. The Kier molecular flexibility index (Phi) is 3.58. The lowest BCUT2D eigenvalue weighted by molar-refractivity contribution is -0.137. The molecular weight excluding hydrogens is 368 g/mol. The highest BCUT2D eigenvalue weighted by Gasteiger charge is 2.38. The van der Waals surface area contributed by atoms with E-state index in [1.165, 1.54) is 4.90 Å². The van der Waals surface area contributed by atoms with Gasteiger partial charge in [0.2, 0.25) is 0 Å². The Morgan fingerprint density at radius 2 is 1.54 bits per heavy atom. The summed E-state index contributed by atoms with van der Waals surface area (Å²) in [5, 5.41) is 1.02. The number of fused-ring (bicyclic) bond motifs is 1. The van der Waals surface area contributed by atoms with E-state index in [0.717, 1.165) is 16.5 Å². The third-order valence-corrected chi connectivity index (χ3v) is 4.83. The van der Waals surface area contributed by atoms with Gasteiger partial charge in [0.15, 0.2) is 0 Å². The smallest absolute Gasteiger partial charge is 0.279 e. The highest BCUT2D eigenvalue weighted by Crippen LogP contribution is 2.32. The monoisotopic (exact) mass is 380 g/mol. The Morgan fingerprint density at radius 3 is 2.33 bits per heavy atom. The minimum atomic E-state index is -0.309. The number of nitrogens with zero attached hydrogens (tertiary/aromatic N) is 2. The number of halogens is 1. The van der Waals surface area contributed by atoms with Crippen LogP contribution in [0.15, 0.2) is 71.3 Å². The predicted molar refractivity (Wildman–Crippen MR) is 96.1 cm³/mol. The molecule has 4 nitrogen and oxygen atoms in total. The summed E-state index contributed by atoms with van der Waals surface area (Å²) >= 11 is 3.32. The minimum Gasteiger partial charge on any atom is -0.311 e. The van der Waals surface area contributed by atoms with Gasteiger partial charge in [0.25, 0.3) is 11.8 Å². The van der Waals surface area contributed by atoms with Crippen LogP contribution < -0.4 is 0 Å². The number of carbonyl (C=O) groups is 2. The number of benzene rings is 2. The summed E-state index contributed by atoms with van der Waals surface area (Å²) < 4.78 is 2.06. The van der Waals surface area contributed by atoms with Crippen molar-refractivity contribution >= 4 is 44.3 Å². The van der Waals surface area contributed by atoms with Crippen molar-refractivity contribution in [3.63, 3.8) is 0 Å². The van der Waals surface area contributed by atoms with Gasteiger partial charge in [0.05, 0.1) is 12.1 Å². The molecule has 0 aliphatic carbocycles. The van der Waals surface area contributed by atoms with Crippen LogP contribution in [0.5, 0.6) is 0 Å². The molecule has 0 saturated heterocycles. The molecule has 24 heavy (non-hydrogen) atoms. The zero-order valence-electron chi connectivity index (χ0n) is 12.6. The molecule has 0 unspecified atom stereocenters. The molecule has 2 heterocycles. The third-order valence-electron chi connectivity index (χ3n) is 4.11. The summed E-state index contributed by atoms with van der Waals surface area (Å²) in [4.78, 5) is 26.7. The molecule has 4 rings (SSSR count). The van der Waals surface area contributed by atoms with Gasteiger partial charge in [-0.15, -0.1) is 0 Å². The van der Waals surface area contributed by atoms with E-state index in [1.807, 2.05) is 66.9 Å². The van der Waals surface area contributed by atoms with Crippen molar-refractivity contribution in [1.82, 2.24) is 9.47 Å². The van der Waals surface area contributed by atoms with Gasteiger partial charge in [-0.05, 0) is 39.0 Å². The van der Waals surface area contributed by atoms with Crippen LogP contribution in [-0.2, 0) is 16.1 Å². The van der Waals surface area contributed by atoms with Crippen molar-refractivity contribution in [3.8, 4) is 0 Å². The summed E-state index contributed by atoms with van der Waals surface area (Å²) in [6, 6.07) is 19.2. The first-order valence-electron chi connectivity index (χ1n) is 7.53. The second-order valence-corrected chi connectivity index (χ2v) is 6.38. The van der Waals surface area contributed by atoms with Gasteiger partial charge in [0.1, 0.15) is 10.2 Å². The van der Waals surface area contributed by atoms with Crippen molar-refractivity contribution in [2.75, 3.05) is 0 Å². The summed E-state index contributed by atoms with van der Waals surface area (Å²) in [6.07, 6.45) is 1.82. The van der Waals surface area contributed by atoms with Crippen LogP contribution in [0.4, 0.5) is 0 Å². The number of rotatable bonds is 3. The lowest BCUT2D eigenvalue weighted by Gasteiger charge is -2.15. The Hall–Kier alpha value is -2.66. The average Bonchev–Trinajstić information content (AvgIpc) is 3.11. The molecule has 2 aromatic carbocycles. The van der Waals surface area contributed by atoms with Crippen LogP contribution in [0.3, 0.4) is 0 Å². The van der Waals surface area contributed by atoms with E-state index in [0.29, 0.717) is 10.2 Å². The summed E-state index contributed by atoms with van der Waals surface area (Å²) in [6.45, 7) is 0.260. The first-order valence-corrected chi connectivity index (χ1v) is 8.32. The van der Waals surface area contributed by atoms with Gasteiger partial charge >= 0.3 is 0 Å². The summed E-state index contributed by atoms with van der Waals surface area (Å²) in [5.74, 6) is -0.603. The van der Waals surface area contributed by atoms with E-state index in [9.17, 15) is 9.59 Å². The van der Waals surface area contributed by atoms with Gasteiger partial charge < -0.3 is 4.57 Å². The van der Waals surface area contributed by atoms with Gasteiger partial charge in [-0.3, -0.25) is 14.5 Å². The molecule has 0 spiro atoms. The van der Waals surface area contributed by atoms with Crippen molar-refractivity contribution in [3.05, 3.63) is 76.9 Å². The van der Waals surface area contributed by atoms with Crippen molar-refractivity contribution in [2.45, 2.75) is 6.54 Å². The lowest BCUT2D eigenvalue weighted by atomic mass is 10.2. The zero-order valence-corrected chi connectivity index (χ0v) is 14.2. The van der Waals surface area contributed by atoms with E-state index in [2.05, 4.69) is 15.9 Å². The number of aromatic nitrogens is 1. The number of carbonyl (C=O) groups excluding carboxylic acids is 2. The second kappa shape index (κ2) is 5.76. The Balaban J connectivity index is 1.74. The van der Waals surface area contributed by atoms with E-state index in [1.54, 1.807) is 4.57 Å². The highest BCUT2D eigenvalue weighted by atomic mass is 79.9. The maximum atomic E-state index is 12.9. The summed E-state index contributed by atoms with van der Waals surface area (Å²) in [7, 11) is 0. The number of hydrogen-bond donors (Lipinski definition) is 0. The lowest BCUT2D eigenvalue weighted by Crippen LogP contribution is -2.31. The molecule has 1 aromatic heterocycles. The quantitative estimate of drug-likeness (QED) is 0.649. The first kappa shape index (κ1) is 14.9. The minimum absolute atomic E-state index is 0.260. The topological polar surface area (TPSA) is 42.3 Å². The summed E-state index contributed by atoms with van der Waals surface area (Å²) in [5.41, 5.74) is 2.17. The molecule has 118 valence electrons. The molecule has 0 fully saturated rings. The predicted octanol–water partition coefficient (Wildman–Crippen LogP) is 3.77. The number of hydrogen-bond acceptors (Lipinski definition) is 2. The molecule has 0 atom stereocenters. The van der Waals surface area contributed by atoms with Crippen molar-refractivity contribution < 1.29 is 9.59 Å². The molecule has 0 bridgehead atoms. The van der Waals surface area contributed by atoms with Gasteiger partial charge in [0, 0.05) is 6.20 Å². The Labute approximate surface area is 147 Å². The molecule has 3 aromatic rings. The molecule has 1 aliphatic heterocycles. The average molecular weight is 381 g/mol. The van der Waals surface area contributed by atoms with Crippen LogP contribution in [0.2, 0.25) is 0 Å². The van der Waals surface area contributed by atoms with Crippen molar-refractivity contribution in [2.24, 2.45) is 0 Å². The van der Waals surface area contributed by atoms with E-state index >= 15 is 0 Å². The SMILES string of the molecule is O=C1C(Br)=C(n2ccc3ccccc32)C(=O)N1Cc1ccccc1. The molecule has 0 saturated carbocycles. The van der Waals surface area contributed by atoms with E-state index in [-0.39, 0.29) is 18.4 Å². The fourth-order valence-corrected chi connectivity index (χ4v) is 3.50. The van der Waals surface area contributed by atoms with Crippen LogP contribution in [-0.4, -0.2) is 21.3 Å². The zero-order chi connectivity index (χ0) is 16.7. The van der Waals surface area contributed by atoms with Crippen LogP contribution >= 0.6 is 15.9 Å². The maximum absolute atomic E-state index is 12.9. The van der Waals surface area contributed by atoms with Gasteiger partial charge in [-0.2, -0.15) is 0 Å². The number of imide groups is 1. The van der Waals surface area contributed by atoms with Gasteiger partial charge in [-0.1, -0.05) is 48.5 Å². The Bertz CT molecular complexity index is 989. The fraction of sp³-hybridized carbons (Fsp3) is 0.0526. The third kappa shape index (κ3) is 2.29. The number of amides is 2. The van der Waals surface area contributed by atoms with Crippen LogP contribution in [0, 0.1) is 0 Å². The molecule has 0 N–H and O–H groups in total. The maximum Gasteiger partial charge on any atom is 0.279 e. The molecule has 5 heteroatoms. The standard InChI is InChI=1S/C19H13BrN2O2/c20-16-17(21-11-10-14-8-4-5-9-15(14)21)19(24)22(18(16)23)12-13-6-2-1-3-7-13/h1-11H,12H2. The van der Waals surface area contributed by atoms with Crippen molar-refractivity contribution in [1.29, 1.82) is 0 Å². The molecule has 1 aliphatic rings. The Morgan fingerprint density at radius 1 is 0.833 bits per heavy atom. The van der Waals surface area contributed by atoms with Crippen LogP contribution in [0.1, 0.15) is 5.56 Å². The van der Waals surface area contributed by atoms with Crippen LogP contribution in [0.25, 0.3) is 16.6 Å². The first-order chi connectivity index (χ1) is 11.7. The largest absolute Gasteiger partial charge is 0.311 e. The molecule has 2 amide bonds. The number of para-hydroxylation sites is 1. The highest BCUT2D eigenvalue weighted by molar-refractivity contribution is 9.12. The van der Waals surface area contributed by atoms with E-state index < -0.39 is 0 Å². The normalized spacial score (nSPS) is 15.0. The molecule has 0 radical (unpaired) electrons. The molecular formula is C19H13BrN2O2. The van der Waals surface area contributed by atoms with Gasteiger partial charge in [-0.25, -0.2) is 0 Å².